The van der Waals surface area contributed by atoms with Gasteiger partial charge in [-0.25, -0.2) is 4.79 Å². The summed E-state index contributed by atoms with van der Waals surface area (Å²) in [6, 6.07) is 17.7. The number of benzene rings is 2. The van der Waals surface area contributed by atoms with E-state index in [1.54, 1.807) is 74.5 Å². The van der Waals surface area contributed by atoms with Crippen molar-refractivity contribution >= 4 is 29.1 Å². The van der Waals surface area contributed by atoms with Gasteiger partial charge in [0.05, 0.1) is 12.2 Å². The molecule has 0 spiro atoms. The number of carbonyl (C=O) groups excluding carboxylic acids is 3. The number of ketones is 1. The molecule has 6 heteroatoms. The van der Waals surface area contributed by atoms with Gasteiger partial charge in [-0.1, -0.05) is 55.1 Å². The van der Waals surface area contributed by atoms with Gasteiger partial charge in [0, 0.05) is 17.7 Å². The second-order valence-electron chi connectivity index (χ2n) is 7.75. The lowest BCUT2D eigenvalue weighted by atomic mass is 9.75. The van der Waals surface area contributed by atoms with E-state index in [2.05, 4.69) is 6.58 Å². The molecule has 1 amide bonds. The van der Waals surface area contributed by atoms with Crippen LogP contribution in [0.4, 0.5) is 5.69 Å². The van der Waals surface area contributed by atoms with Crippen molar-refractivity contribution in [1.82, 2.24) is 0 Å². The Kier molecular flexibility index (Phi) is 5.01. The molecule has 4 rings (SSSR count). The van der Waals surface area contributed by atoms with E-state index in [1.165, 1.54) is 4.90 Å². The molecular formula is C25H23NO5. The minimum Gasteiger partial charge on any atom is -0.482 e. The lowest BCUT2D eigenvalue weighted by Crippen LogP contribution is -2.59. The summed E-state index contributed by atoms with van der Waals surface area (Å²) in [5.41, 5.74) is -1.66. The topological polar surface area (TPSA) is 72.9 Å². The van der Waals surface area contributed by atoms with Gasteiger partial charge >= 0.3 is 11.9 Å². The summed E-state index contributed by atoms with van der Waals surface area (Å²) < 4.78 is 11.7. The number of carbonyl (C=O) groups is 3. The molecule has 0 unspecified atom stereocenters. The average Bonchev–Trinajstić information content (AvgIpc) is 3.02. The van der Waals surface area contributed by atoms with E-state index in [-0.39, 0.29) is 24.4 Å². The number of hydrogen-bond donors (Lipinski definition) is 0. The number of hydrogen-bond acceptors (Lipinski definition) is 5. The second-order valence-corrected chi connectivity index (χ2v) is 7.75. The minimum atomic E-state index is -1.67. The maximum atomic E-state index is 13.6. The number of ether oxygens (including phenoxy) is 2. The smallest absolute Gasteiger partial charge is 0.337 e. The Bertz CT molecular complexity index is 1090. The van der Waals surface area contributed by atoms with Crippen molar-refractivity contribution in [2.75, 3.05) is 11.5 Å². The third-order valence-electron chi connectivity index (χ3n) is 5.68. The monoisotopic (exact) mass is 417 g/mol. The van der Waals surface area contributed by atoms with E-state index in [9.17, 15) is 14.4 Å². The van der Waals surface area contributed by atoms with Crippen molar-refractivity contribution < 1.29 is 23.9 Å². The molecule has 2 aliphatic heterocycles. The maximum Gasteiger partial charge on any atom is 0.337 e. The lowest BCUT2D eigenvalue weighted by Gasteiger charge is -2.45. The molecular weight excluding hydrogens is 394 g/mol. The van der Waals surface area contributed by atoms with Crippen LogP contribution in [0.1, 0.15) is 25.8 Å². The van der Waals surface area contributed by atoms with Crippen LogP contribution < -0.4 is 4.90 Å². The van der Waals surface area contributed by atoms with Gasteiger partial charge in [-0.3, -0.25) is 14.5 Å². The number of fused-ring (bicyclic) bond motifs is 1. The fourth-order valence-corrected chi connectivity index (χ4v) is 4.31. The van der Waals surface area contributed by atoms with Crippen LogP contribution in [0.5, 0.6) is 0 Å². The molecule has 0 aromatic heterocycles. The number of anilines is 1. The molecule has 158 valence electrons. The van der Waals surface area contributed by atoms with Gasteiger partial charge in [-0.15, -0.1) is 0 Å². The molecule has 2 aromatic carbocycles. The zero-order chi connectivity index (χ0) is 22.2. The first kappa shape index (κ1) is 20.6. The fourth-order valence-electron chi connectivity index (χ4n) is 4.31. The number of esters is 1. The van der Waals surface area contributed by atoms with Gasteiger partial charge < -0.3 is 9.47 Å². The molecule has 0 aliphatic carbocycles. The lowest BCUT2D eigenvalue weighted by molar-refractivity contribution is -0.151. The van der Waals surface area contributed by atoms with Crippen molar-refractivity contribution in [2.45, 2.75) is 31.4 Å². The normalized spacial score (nSPS) is 25.2. The Labute approximate surface area is 180 Å². The van der Waals surface area contributed by atoms with Gasteiger partial charge in [0.2, 0.25) is 0 Å². The van der Waals surface area contributed by atoms with Crippen LogP contribution in [0.25, 0.3) is 5.76 Å². The van der Waals surface area contributed by atoms with E-state index in [4.69, 9.17) is 9.47 Å². The molecule has 2 aromatic rings. The standard InChI is InChI=1S/C25H23NO5/c1-4-24(3)16-25(23(29)30-5-2)19(21(31-24)17-12-8-6-9-13-17)20(27)22(28)26(25)18-14-10-7-11-15-18/h4,6-15H,1,5,16H2,2-3H3/t24-,25+/m0/s1. The van der Waals surface area contributed by atoms with Crippen molar-refractivity contribution in [3.63, 3.8) is 0 Å². The molecule has 2 heterocycles. The Morgan fingerprint density at radius 1 is 1.13 bits per heavy atom. The fraction of sp³-hybridized carbons (Fsp3) is 0.240. The molecule has 31 heavy (non-hydrogen) atoms. The first-order valence-corrected chi connectivity index (χ1v) is 10.1. The summed E-state index contributed by atoms with van der Waals surface area (Å²) in [7, 11) is 0. The largest absolute Gasteiger partial charge is 0.482 e. The highest BCUT2D eigenvalue weighted by Crippen LogP contribution is 2.51. The quantitative estimate of drug-likeness (QED) is 0.422. The SMILES string of the molecule is C=C[C@@]1(C)C[C@]2(C(=O)OCC)C(=C(c3ccccc3)O1)C(=O)C(=O)N2c1ccccc1. The maximum absolute atomic E-state index is 13.6. The zero-order valence-corrected chi connectivity index (χ0v) is 17.5. The second kappa shape index (κ2) is 7.54. The summed E-state index contributed by atoms with van der Waals surface area (Å²) in [4.78, 5) is 41.5. The van der Waals surface area contributed by atoms with E-state index in [0.29, 0.717) is 11.3 Å². The van der Waals surface area contributed by atoms with Gasteiger partial charge in [0.25, 0.3) is 5.78 Å². The summed E-state index contributed by atoms with van der Waals surface area (Å²) in [6.45, 7) is 7.45. The van der Waals surface area contributed by atoms with Gasteiger partial charge in [-0.2, -0.15) is 0 Å². The van der Waals surface area contributed by atoms with Crippen molar-refractivity contribution in [3.8, 4) is 0 Å². The molecule has 0 N–H and O–H groups in total. The Morgan fingerprint density at radius 2 is 1.74 bits per heavy atom. The number of rotatable bonds is 5. The first-order valence-electron chi connectivity index (χ1n) is 10.1. The third kappa shape index (κ3) is 3.06. The molecule has 2 atom stereocenters. The van der Waals surface area contributed by atoms with Gasteiger partial charge in [0.1, 0.15) is 11.4 Å². The summed E-state index contributed by atoms with van der Waals surface area (Å²) >= 11 is 0. The highest BCUT2D eigenvalue weighted by Gasteiger charge is 2.67. The van der Waals surface area contributed by atoms with E-state index in [0.717, 1.165) is 0 Å². The highest BCUT2D eigenvalue weighted by molar-refractivity contribution is 6.54. The van der Waals surface area contributed by atoms with Crippen molar-refractivity contribution in [1.29, 1.82) is 0 Å². The van der Waals surface area contributed by atoms with Crippen molar-refractivity contribution in [3.05, 3.63) is 84.5 Å². The number of amides is 1. The van der Waals surface area contributed by atoms with Crippen LogP contribution in [-0.2, 0) is 23.9 Å². The van der Waals surface area contributed by atoms with Crippen LogP contribution in [0.3, 0.4) is 0 Å². The van der Waals surface area contributed by atoms with Crippen LogP contribution in [0.2, 0.25) is 0 Å². The Hall–Kier alpha value is -3.67. The van der Waals surface area contributed by atoms with Gasteiger partial charge in [-0.05, 0) is 32.1 Å². The Morgan fingerprint density at radius 3 is 2.32 bits per heavy atom. The predicted molar refractivity (Wildman–Crippen MR) is 116 cm³/mol. The predicted octanol–water partition coefficient (Wildman–Crippen LogP) is 3.68. The summed E-state index contributed by atoms with van der Waals surface area (Å²) in [5, 5.41) is 0. The zero-order valence-electron chi connectivity index (χ0n) is 17.5. The van der Waals surface area contributed by atoms with E-state index >= 15 is 0 Å². The van der Waals surface area contributed by atoms with Gasteiger partial charge in [0.15, 0.2) is 5.54 Å². The van der Waals surface area contributed by atoms with E-state index in [1.807, 2.05) is 6.07 Å². The highest BCUT2D eigenvalue weighted by atomic mass is 16.5. The van der Waals surface area contributed by atoms with Crippen LogP contribution in [0, 0.1) is 0 Å². The van der Waals surface area contributed by atoms with Crippen LogP contribution in [-0.4, -0.2) is 35.4 Å². The number of para-hydroxylation sites is 1. The summed E-state index contributed by atoms with van der Waals surface area (Å²) in [6.07, 6.45) is 1.59. The van der Waals surface area contributed by atoms with Crippen LogP contribution in [0.15, 0.2) is 78.9 Å². The molecule has 0 radical (unpaired) electrons. The average molecular weight is 417 g/mol. The molecule has 1 saturated heterocycles. The number of nitrogens with zero attached hydrogens (tertiary/aromatic N) is 1. The Balaban J connectivity index is 2.09. The first-order chi connectivity index (χ1) is 14.9. The third-order valence-corrected chi connectivity index (χ3v) is 5.68. The van der Waals surface area contributed by atoms with Crippen LogP contribution >= 0.6 is 0 Å². The number of Topliss-reactive ketones (excluding diaryl/α,β-unsaturated/α-hetero) is 1. The molecule has 6 nitrogen and oxygen atoms in total. The van der Waals surface area contributed by atoms with Crippen molar-refractivity contribution in [2.24, 2.45) is 0 Å². The van der Waals surface area contributed by atoms with E-state index < -0.39 is 28.8 Å². The minimum absolute atomic E-state index is 0.000372. The molecule has 2 aliphatic rings. The summed E-state index contributed by atoms with van der Waals surface area (Å²) in [5.74, 6) is -2.04. The molecule has 0 bridgehead atoms. The molecule has 1 fully saturated rings. The molecule has 0 saturated carbocycles.